The standard InChI is InChI=1S/C25H33N5O2/c1-15-19-10-18(25(19,2)3)11-20(15)29-21-13-28-30(24(32)23(21)17-4-5-17)14-22(31)27-12-16-6-8-26-9-7-16/h6-9,13,15,17-20,29H,4-5,10-12,14H2,1-3H3,(H,27,31)/t15-,18-,19+,20-/m1/s1. The predicted octanol–water partition coefficient (Wildman–Crippen LogP) is 3.31. The van der Waals surface area contributed by atoms with E-state index >= 15 is 0 Å². The Morgan fingerprint density at radius 3 is 2.62 bits per heavy atom. The number of pyridine rings is 1. The van der Waals surface area contributed by atoms with Crippen molar-refractivity contribution in [1.82, 2.24) is 20.1 Å². The van der Waals surface area contributed by atoms with Gasteiger partial charge in [-0.05, 0) is 72.5 Å². The van der Waals surface area contributed by atoms with Crippen molar-refractivity contribution >= 4 is 11.6 Å². The van der Waals surface area contributed by atoms with E-state index in [4.69, 9.17) is 0 Å². The van der Waals surface area contributed by atoms with Gasteiger partial charge in [-0.25, -0.2) is 4.68 Å². The van der Waals surface area contributed by atoms with Crippen LogP contribution in [0.5, 0.6) is 0 Å². The Labute approximate surface area is 189 Å². The van der Waals surface area contributed by atoms with Gasteiger partial charge in [0.15, 0.2) is 0 Å². The topological polar surface area (TPSA) is 88.9 Å². The first-order chi connectivity index (χ1) is 15.3. The van der Waals surface area contributed by atoms with Crippen LogP contribution >= 0.6 is 0 Å². The van der Waals surface area contributed by atoms with Crippen molar-refractivity contribution < 1.29 is 4.79 Å². The molecule has 7 heteroatoms. The number of anilines is 1. The first kappa shape index (κ1) is 21.2. The molecule has 0 unspecified atom stereocenters. The molecule has 0 aliphatic heterocycles. The third kappa shape index (κ3) is 3.82. The summed E-state index contributed by atoms with van der Waals surface area (Å²) in [7, 11) is 0. The van der Waals surface area contributed by atoms with Crippen LogP contribution in [0.1, 0.15) is 63.5 Å². The van der Waals surface area contributed by atoms with Crippen LogP contribution in [0, 0.1) is 23.2 Å². The molecule has 170 valence electrons. The Balaban J connectivity index is 1.29. The van der Waals surface area contributed by atoms with Crippen LogP contribution in [0.15, 0.2) is 35.5 Å². The highest BCUT2D eigenvalue weighted by atomic mass is 16.2. The largest absolute Gasteiger partial charge is 0.380 e. The highest BCUT2D eigenvalue weighted by Gasteiger charge is 2.56. The zero-order valence-corrected chi connectivity index (χ0v) is 19.2. The molecule has 0 spiro atoms. The smallest absolute Gasteiger partial charge is 0.272 e. The van der Waals surface area contributed by atoms with Gasteiger partial charge < -0.3 is 10.6 Å². The van der Waals surface area contributed by atoms with Crippen molar-refractivity contribution in [3.63, 3.8) is 0 Å². The second kappa shape index (κ2) is 8.01. The van der Waals surface area contributed by atoms with E-state index in [1.54, 1.807) is 18.6 Å². The second-order valence-electron chi connectivity index (χ2n) is 10.5. The summed E-state index contributed by atoms with van der Waals surface area (Å²) in [4.78, 5) is 29.7. The zero-order chi connectivity index (χ0) is 22.5. The molecule has 4 aliphatic rings. The van der Waals surface area contributed by atoms with Gasteiger partial charge in [-0.15, -0.1) is 0 Å². The maximum Gasteiger partial charge on any atom is 0.272 e. The molecule has 2 bridgehead atoms. The van der Waals surface area contributed by atoms with E-state index in [0.717, 1.165) is 47.9 Å². The summed E-state index contributed by atoms with van der Waals surface area (Å²) < 4.78 is 1.31. The molecule has 32 heavy (non-hydrogen) atoms. The van der Waals surface area contributed by atoms with Gasteiger partial charge in [-0.2, -0.15) is 5.10 Å². The van der Waals surface area contributed by atoms with Crippen LogP contribution in [0.3, 0.4) is 0 Å². The van der Waals surface area contributed by atoms with Crippen LogP contribution < -0.4 is 16.2 Å². The fraction of sp³-hybridized carbons (Fsp3) is 0.600. The molecule has 0 aromatic carbocycles. The van der Waals surface area contributed by atoms with Crippen LogP contribution in [0.25, 0.3) is 0 Å². The lowest BCUT2D eigenvalue weighted by atomic mass is 9.45. The Hall–Kier alpha value is -2.70. The van der Waals surface area contributed by atoms with Crippen LogP contribution in [0.4, 0.5) is 5.69 Å². The lowest BCUT2D eigenvalue weighted by Gasteiger charge is -2.62. The number of carbonyl (C=O) groups is 1. The van der Waals surface area contributed by atoms with Gasteiger partial charge in [0.1, 0.15) is 6.54 Å². The highest BCUT2D eigenvalue weighted by molar-refractivity contribution is 5.75. The van der Waals surface area contributed by atoms with E-state index < -0.39 is 0 Å². The summed E-state index contributed by atoms with van der Waals surface area (Å²) in [5, 5.41) is 10.9. The Kier molecular flexibility index (Phi) is 5.30. The predicted molar refractivity (Wildman–Crippen MR) is 123 cm³/mol. The van der Waals surface area contributed by atoms with Gasteiger partial charge in [0, 0.05) is 30.5 Å². The van der Waals surface area contributed by atoms with Crippen molar-refractivity contribution in [2.24, 2.45) is 23.2 Å². The summed E-state index contributed by atoms with van der Waals surface area (Å²) in [6, 6.07) is 4.09. The fourth-order valence-electron chi connectivity index (χ4n) is 5.93. The van der Waals surface area contributed by atoms with Crippen molar-refractivity contribution in [1.29, 1.82) is 0 Å². The third-order valence-electron chi connectivity index (χ3n) is 8.29. The molecule has 4 atom stereocenters. The molecule has 0 saturated heterocycles. The molecule has 4 aliphatic carbocycles. The molecule has 6 rings (SSSR count). The number of hydrogen-bond donors (Lipinski definition) is 2. The van der Waals surface area contributed by atoms with Gasteiger partial charge >= 0.3 is 0 Å². The Bertz CT molecular complexity index is 1060. The molecule has 2 N–H and O–H groups in total. The highest BCUT2D eigenvalue weighted by Crippen LogP contribution is 2.61. The molecule has 4 fully saturated rings. The summed E-state index contributed by atoms with van der Waals surface area (Å²) in [6.45, 7) is 7.48. The van der Waals surface area contributed by atoms with Gasteiger partial charge in [0.25, 0.3) is 5.56 Å². The molecular weight excluding hydrogens is 402 g/mol. The molecule has 4 saturated carbocycles. The first-order valence-electron chi connectivity index (χ1n) is 11.9. The number of aromatic nitrogens is 3. The lowest BCUT2D eigenvalue weighted by Crippen LogP contribution is -2.58. The lowest BCUT2D eigenvalue weighted by molar-refractivity contribution is -0.122. The maximum absolute atomic E-state index is 13.3. The van der Waals surface area contributed by atoms with Gasteiger partial charge in [-0.1, -0.05) is 20.8 Å². The summed E-state index contributed by atoms with van der Waals surface area (Å²) in [5.41, 5.74) is 2.96. The molecule has 7 nitrogen and oxygen atoms in total. The van der Waals surface area contributed by atoms with E-state index in [2.05, 4.69) is 41.5 Å². The Morgan fingerprint density at radius 1 is 1.22 bits per heavy atom. The minimum absolute atomic E-state index is 0.0674. The number of nitrogens with one attached hydrogen (secondary N) is 2. The van der Waals surface area contributed by atoms with Crippen LogP contribution in [-0.2, 0) is 17.9 Å². The van der Waals surface area contributed by atoms with E-state index in [1.165, 1.54) is 11.1 Å². The number of fused-ring (bicyclic) bond motifs is 2. The molecule has 1 amide bonds. The van der Waals surface area contributed by atoms with E-state index in [1.807, 2.05) is 12.1 Å². The van der Waals surface area contributed by atoms with Crippen molar-refractivity contribution in [3.8, 4) is 0 Å². The fourth-order valence-corrected chi connectivity index (χ4v) is 5.93. The SMILES string of the molecule is C[C@H]1[C@H](Nc2cnn(CC(=O)NCc3ccncc3)c(=O)c2C2CC2)C[C@H]2C[C@@H]1C2(C)C. The first-order valence-corrected chi connectivity index (χ1v) is 11.9. The number of carbonyl (C=O) groups excluding carboxylic acids is 1. The maximum atomic E-state index is 13.3. The quantitative estimate of drug-likeness (QED) is 0.697. The van der Waals surface area contributed by atoms with Crippen LogP contribution in [-0.4, -0.2) is 26.7 Å². The van der Waals surface area contributed by atoms with E-state index in [0.29, 0.717) is 23.9 Å². The average molecular weight is 436 g/mol. The minimum Gasteiger partial charge on any atom is -0.380 e. The van der Waals surface area contributed by atoms with Crippen molar-refractivity contribution in [3.05, 3.63) is 52.2 Å². The van der Waals surface area contributed by atoms with Gasteiger partial charge in [0.2, 0.25) is 5.91 Å². The van der Waals surface area contributed by atoms with Gasteiger partial charge in [-0.3, -0.25) is 14.6 Å². The molecule has 2 aromatic heterocycles. The Morgan fingerprint density at radius 2 is 1.97 bits per heavy atom. The normalized spacial score (nSPS) is 28.0. The molecule has 0 radical (unpaired) electrons. The molecule has 2 aromatic rings. The number of nitrogens with zero attached hydrogens (tertiary/aromatic N) is 3. The van der Waals surface area contributed by atoms with Crippen LogP contribution in [0.2, 0.25) is 0 Å². The summed E-state index contributed by atoms with van der Waals surface area (Å²) in [6.07, 6.45) is 9.69. The van der Waals surface area contributed by atoms with Gasteiger partial charge in [0.05, 0.1) is 11.9 Å². The summed E-state index contributed by atoms with van der Waals surface area (Å²) in [5.74, 6) is 2.12. The summed E-state index contributed by atoms with van der Waals surface area (Å²) >= 11 is 0. The average Bonchev–Trinajstić information content (AvgIpc) is 3.61. The number of rotatable bonds is 7. The van der Waals surface area contributed by atoms with Crippen molar-refractivity contribution in [2.75, 3.05) is 5.32 Å². The van der Waals surface area contributed by atoms with E-state index in [-0.39, 0.29) is 23.9 Å². The third-order valence-corrected chi connectivity index (χ3v) is 8.29. The number of hydrogen-bond acceptors (Lipinski definition) is 5. The van der Waals surface area contributed by atoms with E-state index in [9.17, 15) is 9.59 Å². The zero-order valence-electron chi connectivity index (χ0n) is 19.2. The minimum atomic E-state index is -0.220. The molecular formula is C25H33N5O2. The second-order valence-corrected chi connectivity index (χ2v) is 10.5. The van der Waals surface area contributed by atoms with Crippen molar-refractivity contribution in [2.45, 2.75) is 71.5 Å². The monoisotopic (exact) mass is 435 g/mol. The number of amides is 1. The molecule has 2 heterocycles.